The van der Waals surface area contributed by atoms with Crippen molar-refractivity contribution in [3.05, 3.63) is 42.0 Å². The van der Waals surface area contributed by atoms with Crippen molar-refractivity contribution in [2.45, 2.75) is 38.6 Å². The van der Waals surface area contributed by atoms with Crippen LogP contribution in [0.15, 0.2) is 30.7 Å². The van der Waals surface area contributed by atoms with Gasteiger partial charge < -0.3 is 10.1 Å². The van der Waals surface area contributed by atoms with E-state index in [1.807, 2.05) is 31.5 Å². The summed E-state index contributed by atoms with van der Waals surface area (Å²) < 4.78 is 5.52. The molecule has 1 atom stereocenters. The number of likely N-dealkylation sites (tertiary alicyclic amines) is 1. The average molecular weight is 353 g/mol. The summed E-state index contributed by atoms with van der Waals surface area (Å²) in [6.45, 7) is 6.25. The minimum atomic E-state index is 0.649. The molecule has 2 aliphatic rings. The van der Waals surface area contributed by atoms with E-state index in [9.17, 15) is 0 Å². The standard InChI is InChI=1S/C20H27N5O/c1-15-3-2-7-21-20(15)24-19-13-22-17(12-23-19)11-16-4-8-25(9-5-16)18-6-10-26-14-18/h2-3,7,12-13,16,18H,4-6,8-11,14H2,1H3,(H,21,23,24). The fourth-order valence-corrected chi connectivity index (χ4v) is 3.89. The largest absolute Gasteiger partial charge is 0.380 e. The molecule has 0 amide bonds. The van der Waals surface area contributed by atoms with Gasteiger partial charge in [0.2, 0.25) is 0 Å². The molecule has 4 rings (SSSR count). The molecule has 6 nitrogen and oxygen atoms in total. The Morgan fingerprint density at radius 3 is 2.73 bits per heavy atom. The Morgan fingerprint density at radius 1 is 1.15 bits per heavy atom. The molecule has 4 heterocycles. The van der Waals surface area contributed by atoms with Crippen molar-refractivity contribution in [2.24, 2.45) is 5.92 Å². The Labute approximate surface area is 155 Å². The van der Waals surface area contributed by atoms with E-state index >= 15 is 0 Å². The second-order valence-corrected chi connectivity index (χ2v) is 7.39. The van der Waals surface area contributed by atoms with Gasteiger partial charge in [-0.25, -0.2) is 9.97 Å². The zero-order valence-electron chi connectivity index (χ0n) is 15.4. The van der Waals surface area contributed by atoms with E-state index in [2.05, 4.69) is 25.2 Å². The van der Waals surface area contributed by atoms with E-state index in [-0.39, 0.29) is 0 Å². The molecule has 0 aliphatic carbocycles. The molecule has 6 heteroatoms. The zero-order valence-corrected chi connectivity index (χ0v) is 15.4. The van der Waals surface area contributed by atoms with Gasteiger partial charge in [-0.1, -0.05) is 6.07 Å². The van der Waals surface area contributed by atoms with Crippen LogP contribution in [0.5, 0.6) is 0 Å². The molecule has 2 aromatic heterocycles. The number of anilines is 2. The van der Waals surface area contributed by atoms with E-state index in [1.54, 1.807) is 6.20 Å². The highest BCUT2D eigenvalue weighted by atomic mass is 16.5. The fourth-order valence-electron chi connectivity index (χ4n) is 3.89. The van der Waals surface area contributed by atoms with Crippen LogP contribution in [0, 0.1) is 12.8 Å². The number of aryl methyl sites for hydroxylation is 1. The number of aromatic nitrogens is 3. The summed E-state index contributed by atoms with van der Waals surface area (Å²) >= 11 is 0. The molecule has 0 spiro atoms. The molecule has 2 fully saturated rings. The predicted molar refractivity (Wildman–Crippen MR) is 102 cm³/mol. The average Bonchev–Trinajstić information content (AvgIpc) is 3.21. The molecule has 2 saturated heterocycles. The quantitative estimate of drug-likeness (QED) is 0.892. The van der Waals surface area contributed by atoms with Crippen LogP contribution in [0.3, 0.4) is 0 Å². The minimum Gasteiger partial charge on any atom is -0.380 e. The Hall–Kier alpha value is -2.05. The highest BCUT2D eigenvalue weighted by molar-refractivity contribution is 5.54. The maximum Gasteiger partial charge on any atom is 0.150 e. The van der Waals surface area contributed by atoms with Crippen molar-refractivity contribution in [3.8, 4) is 0 Å². The van der Waals surface area contributed by atoms with Crippen LogP contribution >= 0.6 is 0 Å². The van der Waals surface area contributed by atoms with Gasteiger partial charge in [-0.2, -0.15) is 0 Å². The third kappa shape index (κ3) is 4.19. The van der Waals surface area contributed by atoms with Crippen molar-refractivity contribution in [1.29, 1.82) is 0 Å². The number of hydrogen-bond acceptors (Lipinski definition) is 6. The number of nitrogens with zero attached hydrogens (tertiary/aromatic N) is 4. The maximum atomic E-state index is 5.52. The zero-order chi connectivity index (χ0) is 17.8. The van der Waals surface area contributed by atoms with Gasteiger partial charge >= 0.3 is 0 Å². The summed E-state index contributed by atoms with van der Waals surface area (Å²) in [4.78, 5) is 16.1. The first-order chi connectivity index (χ1) is 12.8. The van der Waals surface area contributed by atoms with Crippen molar-refractivity contribution in [3.63, 3.8) is 0 Å². The molecule has 1 unspecified atom stereocenters. The summed E-state index contributed by atoms with van der Waals surface area (Å²) in [7, 11) is 0. The van der Waals surface area contributed by atoms with Crippen LogP contribution in [0.1, 0.15) is 30.5 Å². The second kappa shape index (κ2) is 8.10. The van der Waals surface area contributed by atoms with Gasteiger partial charge in [-0.15, -0.1) is 0 Å². The van der Waals surface area contributed by atoms with Gasteiger partial charge in [0.25, 0.3) is 0 Å². The van der Waals surface area contributed by atoms with Gasteiger partial charge in [0.1, 0.15) is 11.6 Å². The Kier molecular flexibility index (Phi) is 5.41. The van der Waals surface area contributed by atoms with E-state index in [1.165, 1.54) is 32.4 Å². The van der Waals surface area contributed by atoms with Crippen LogP contribution in [-0.4, -0.2) is 52.2 Å². The van der Waals surface area contributed by atoms with Crippen molar-refractivity contribution >= 4 is 11.6 Å². The summed E-state index contributed by atoms with van der Waals surface area (Å²) in [5, 5.41) is 3.24. The van der Waals surface area contributed by atoms with Gasteiger partial charge in [-0.3, -0.25) is 9.88 Å². The predicted octanol–water partition coefficient (Wildman–Crippen LogP) is 2.97. The molecule has 2 aliphatic heterocycles. The minimum absolute atomic E-state index is 0.649. The second-order valence-electron chi connectivity index (χ2n) is 7.39. The first-order valence-corrected chi connectivity index (χ1v) is 9.59. The number of hydrogen-bond donors (Lipinski definition) is 1. The molecule has 0 saturated carbocycles. The van der Waals surface area contributed by atoms with Crippen LogP contribution in [0.25, 0.3) is 0 Å². The summed E-state index contributed by atoms with van der Waals surface area (Å²) in [5.74, 6) is 2.28. The summed E-state index contributed by atoms with van der Waals surface area (Å²) in [6, 6.07) is 4.61. The number of rotatable bonds is 5. The lowest BCUT2D eigenvalue weighted by Crippen LogP contribution is -2.42. The van der Waals surface area contributed by atoms with Crippen molar-refractivity contribution in [2.75, 3.05) is 31.6 Å². The molecule has 26 heavy (non-hydrogen) atoms. The summed E-state index contributed by atoms with van der Waals surface area (Å²) in [5.41, 5.74) is 2.17. The highest BCUT2D eigenvalue weighted by Crippen LogP contribution is 2.25. The third-order valence-corrected chi connectivity index (χ3v) is 5.53. The van der Waals surface area contributed by atoms with Crippen molar-refractivity contribution in [1.82, 2.24) is 19.9 Å². The smallest absolute Gasteiger partial charge is 0.150 e. The lowest BCUT2D eigenvalue weighted by molar-refractivity contribution is 0.110. The first-order valence-electron chi connectivity index (χ1n) is 9.59. The molecule has 1 N–H and O–H groups in total. The van der Waals surface area contributed by atoms with Crippen LogP contribution < -0.4 is 5.32 Å². The van der Waals surface area contributed by atoms with Gasteiger partial charge in [0, 0.05) is 18.8 Å². The Morgan fingerprint density at radius 2 is 2.04 bits per heavy atom. The maximum absolute atomic E-state index is 5.52. The molecular formula is C20H27N5O. The van der Waals surface area contributed by atoms with Gasteiger partial charge in [-0.05, 0) is 63.2 Å². The Bertz CT molecular complexity index is 706. The molecule has 0 bridgehead atoms. The first kappa shape index (κ1) is 17.4. The number of ether oxygens (including phenoxy) is 1. The molecule has 138 valence electrons. The summed E-state index contributed by atoms with van der Waals surface area (Å²) in [6.07, 6.45) is 10.2. The third-order valence-electron chi connectivity index (χ3n) is 5.53. The van der Waals surface area contributed by atoms with Crippen LogP contribution in [0.2, 0.25) is 0 Å². The Balaban J connectivity index is 1.28. The van der Waals surface area contributed by atoms with Crippen molar-refractivity contribution < 1.29 is 4.74 Å². The normalized spacial score (nSPS) is 21.8. The fraction of sp³-hybridized carbons (Fsp3) is 0.550. The SMILES string of the molecule is Cc1cccnc1Nc1cnc(CC2CCN(C3CCOC3)CC2)cn1. The lowest BCUT2D eigenvalue weighted by atomic mass is 9.91. The van der Waals surface area contributed by atoms with E-state index in [0.717, 1.165) is 42.5 Å². The number of piperidine rings is 1. The van der Waals surface area contributed by atoms with Gasteiger partial charge in [0.15, 0.2) is 0 Å². The molecule has 2 aromatic rings. The van der Waals surface area contributed by atoms with E-state index in [0.29, 0.717) is 12.0 Å². The monoisotopic (exact) mass is 353 g/mol. The van der Waals surface area contributed by atoms with E-state index in [4.69, 9.17) is 4.74 Å². The number of nitrogens with one attached hydrogen (secondary N) is 1. The lowest BCUT2D eigenvalue weighted by Gasteiger charge is -2.35. The highest BCUT2D eigenvalue weighted by Gasteiger charge is 2.27. The topological polar surface area (TPSA) is 63.2 Å². The molecular weight excluding hydrogens is 326 g/mol. The van der Waals surface area contributed by atoms with Crippen LogP contribution in [-0.2, 0) is 11.2 Å². The van der Waals surface area contributed by atoms with Crippen LogP contribution in [0.4, 0.5) is 11.6 Å². The number of pyridine rings is 1. The van der Waals surface area contributed by atoms with E-state index < -0.39 is 0 Å². The molecule has 0 aromatic carbocycles. The van der Waals surface area contributed by atoms with Gasteiger partial charge in [0.05, 0.1) is 24.7 Å². The molecule has 0 radical (unpaired) electrons.